The fraction of sp³-hybridized carbons (Fsp3) is 0.636. The van der Waals surface area contributed by atoms with Crippen LogP contribution in [0.4, 0.5) is 5.95 Å². The summed E-state index contributed by atoms with van der Waals surface area (Å²) in [7, 11) is 0. The van der Waals surface area contributed by atoms with Crippen LogP contribution in [0.5, 0.6) is 0 Å². The minimum absolute atomic E-state index is 0.0299. The summed E-state index contributed by atoms with van der Waals surface area (Å²) in [5.74, 6) is 1.12. The van der Waals surface area contributed by atoms with Crippen molar-refractivity contribution in [2.45, 2.75) is 39.8 Å². The van der Waals surface area contributed by atoms with E-state index < -0.39 is 0 Å². The molecule has 0 unspecified atom stereocenters. The van der Waals surface area contributed by atoms with Crippen LogP contribution < -0.4 is 5.73 Å². The minimum Gasteiger partial charge on any atom is -0.367 e. The molecule has 0 radical (unpaired) electrons. The molecule has 0 saturated carbocycles. The predicted octanol–water partition coefficient (Wildman–Crippen LogP) is -0.190. The van der Waals surface area contributed by atoms with Crippen LogP contribution in [0.15, 0.2) is 4.52 Å². The second-order valence-electron chi connectivity index (χ2n) is 4.80. The number of aromatic nitrogens is 6. The van der Waals surface area contributed by atoms with E-state index in [-0.39, 0.29) is 30.9 Å². The summed E-state index contributed by atoms with van der Waals surface area (Å²) >= 11 is 0. The average Bonchev–Trinajstić information content (AvgIpc) is 3.06. The van der Waals surface area contributed by atoms with E-state index in [0.717, 1.165) is 0 Å². The first-order valence-electron chi connectivity index (χ1n) is 6.63. The van der Waals surface area contributed by atoms with Gasteiger partial charge in [-0.05, 0) is 17.4 Å². The van der Waals surface area contributed by atoms with Crippen LogP contribution in [0.2, 0.25) is 0 Å². The van der Waals surface area contributed by atoms with Crippen LogP contribution in [0, 0.1) is 0 Å². The Labute approximate surface area is 121 Å². The zero-order valence-electron chi connectivity index (χ0n) is 12.2. The maximum absolute atomic E-state index is 12.2. The normalized spacial score (nSPS) is 11.0. The second kappa shape index (κ2) is 6.29. The third-order valence-electron chi connectivity index (χ3n) is 2.91. The molecule has 10 nitrogen and oxygen atoms in total. The van der Waals surface area contributed by atoms with Gasteiger partial charge in [-0.2, -0.15) is 4.98 Å². The minimum atomic E-state index is -0.180. The Hall–Kier alpha value is -2.52. The van der Waals surface area contributed by atoms with Gasteiger partial charge < -0.3 is 15.2 Å². The summed E-state index contributed by atoms with van der Waals surface area (Å²) in [6.45, 7) is 6.52. The van der Waals surface area contributed by atoms with Gasteiger partial charge in [-0.25, -0.2) is 4.68 Å². The van der Waals surface area contributed by atoms with Crippen LogP contribution in [0.3, 0.4) is 0 Å². The predicted molar refractivity (Wildman–Crippen MR) is 71.7 cm³/mol. The van der Waals surface area contributed by atoms with Gasteiger partial charge in [0, 0.05) is 12.5 Å². The summed E-state index contributed by atoms with van der Waals surface area (Å²) in [4.78, 5) is 18.0. The summed E-state index contributed by atoms with van der Waals surface area (Å²) in [6, 6.07) is 0. The molecule has 0 fully saturated rings. The van der Waals surface area contributed by atoms with Gasteiger partial charge in [-0.1, -0.05) is 24.1 Å². The molecule has 2 aromatic heterocycles. The fourth-order valence-corrected chi connectivity index (χ4v) is 1.66. The number of amides is 1. The van der Waals surface area contributed by atoms with Crippen molar-refractivity contribution >= 4 is 11.9 Å². The number of likely N-dealkylation sites (N-methyl/N-ethyl adjacent to an activating group) is 1. The molecule has 2 rings (SSSR count). The molecule has 114 valence electrons. The zero-order valence-corrected chi connectivity index (χ0v) is 12.2. The second-order valence-corrected chi connectivity index (χ2v) is 4.80. The number of rotatable bonds is 6. The van der Waals surface area contributed by atoms with E-state index in [0.29, 0.717) is 18.3 Å². The van der Waals surface area contributed by atoms with Gasteiger partial charge in [0.15, 0.2) is 5.82 Å². The third kappa shape index (κ3) is 3.52. The standard InChI is InChI=1S/C11H18N8O2/c1-4-18(5-8-13-10(7(2)3)15-21-8)9(20)6-19-11(12)14-16-17-19/h7H,4-6H2,1-3H3,(H2,12,14,17). The van der Waals surface area contributed by atoms with Crippen molar-refractivity contribution in [3.63, 3.8) is 0 Å². The first-order valence-corrected chi connectivity index (χ1v) is 6.63. The lowest BCUT2D eigenvalue weighted by atomic mass is 10.2. The van der Waals surface area contributed by atoms with Crippen LogP contribution in [0.1, 0.15) is 38.4 Å². The lowest BCUT2D eigenvalue weighted by Crippen LogP contribution is -2.34. The van der Waals surface area contributed by atoms with Crippen molar-refractivity contribution in [3.8, 4) is 0 Å². The number of carbonyl (C=O) groups excluding carboxylic acids is 1. The molecule has 0 saturated heterocycles. The van der Waals surface area contributed by atoms with Crippen molar-refractivity contribution in [2.75, 3.05) is 12.3 Å². The topological polar surface area (TPSA) is 129 Å². The first kappa shape index (κ1) is 14.9. The Morgan fingerprint density at radius 2 is 2.24 bits per heavy atom. The van der Waals surface area contributed by atoms with Gasteiger partial charge in [-0.15, -0.1) is 0 Å². The quantitative estimate of drug-likeness (QED) is 0.776. The van der Waals surface area contributed by atoms with Crippen molar-refractivity contribution in [2.24, 2.45) is 0 Å². The highest BCUT2D eigenvalue weighted by Gasteiger charge is 2.18. The molecule has 10 heteroatoms. The first-order chi connectivity index (χ1) is 10.0. The van der Waals surface area contributed by atoms with E-state index in [2.05, 4.69) is 25.7 Å². The Balaban J connectivity index is 2.01. The van der Waals surface area contributed by atoms with E-state index in [1.54, 1.807) is 4.90 Å². The molecule has 0 aliphatic heterocycles. The average molecular weight is 294 g/mol. The number of nitrogen functional groups attached to an aromatic ring is 1. The van der Waals surface area contributed by atoms with Gasteiger partial charge in [-0.3, -0.25) is 4.79 Å². The zero-order chi connectivity index (χ0) is 15.4. The third-order valence-corrected chi connectivity index (χ3v) is 2.91. The lowest BCUT2D eigenvalue weighted by molar-refractivity contribution is -0.132. The van der Waals surface area contributed by atoms with Crippen LogP contribution in [-0.4, -0.2) is 47.7 Å². The molecule has 0 atom stereocenters. The van der Waals surface area contributed by atoms with E-state index in [1.165, 1.54) is 4.68 Å². The number of tetrazole rings is 1. The maximum Gasteiger partial charge on any atom is 0.246 e. The van der Waals surface area contributed by atoms with Gasteiger partial charge in [0.05, 0.1) is 0 Å². The number of nitrogens with zero attached hydrogens (tertiary/aromatic N) is 7. The van der Waals surface area contributed by atoms with E-state index in [4.69, 9.17) is 10.3 Å². The van der Waals surface area contributed by atoms with Gasteiger partial charge in [0.1, 0.15) is 13.1 Å². The summed E-state index contributed by atoms with van der Waals surface area (Å²) < 4.78 is 6.38. The SMILES string of the molecule is CCN(Cc1nc(C(C)C)no1)C(=O)Cn1nnnc1N. The number of carbonyl (C=O) groups is 1. The molecule has 2 heterocycles. The molecule has 21 heavy (non-hydrogen) atoms. The molecule has 0 spiro atoms. The molecule has 0 bridgehead atoms. The Morgan fingerprint density at radius 1 is 1.48 bits per heavy atom. The van der Waals surface area contributed by atoms with Crippen molar-refractivity contribution < 1.29 is 9.32 Å². The van der Waals surface area contributed by atoms with E-state index in [1.807, 2.05) is 20.8 Å². The van der Waals surface area contributed by atoms with E-state index >= 15 is 0 Å². The van der Waals surface area contributed by atoms with Crippen LogP contribution >= 0.6 is 0 Å². The Bertz CT molecular complexity index is 605. The van der Waals surface area contributed by atoms with Crippen LogP contribution in [-0.2, 0) is 17.9 Å². The Morgan fingerprint density at radius 3 is 2.76 bits per heavy atom. The van der Waals surface area contributed by atoms with Gasteiger partial charge >= 0.3 is 0 Å². The molecule has 0 aliphatic rings. The lowest BCUT2D eigenvalue weighted by Gasteiger charge is -2.18. The molecular weight excluding hydrogens is 276 g/mol. The van der Waals surface area contributed by atoms with Crippen molar-refractivity contribution in [1.82, 2.24) is 35.2 Å². The molecule has 0 aromatic carbocycles. The highest BCUT2D eigenvalue weighted by atomic mass is 16.5. The van der Waals surface area contributed by atoms with Gasteiger partial charge in [0.25, 0.3) is 0 Å². The Kier molecular flexibility index (Phi) is 4.45. The molecule has 2 aromatic rings. The summed E-state index contributed by atoms with van der Waals surface area (Å²) in [6.07, 6.45) is 0. The largest absolute Gasteiger partial charge is 0.367 e. The molecule has 0 aliphatic carbocycles. The molecule has 1 amide bonds. The number of anilines is 1. The highest BCUT2D eigenvalue weighted by molar-refractivity contribution is 5.76. The number of nitrogens with two attached hydrogens (primary N) is 1. The molecular formula is C11H18N8O2. The molecule has 2 N–H and O–H groups in total. The summed E-state index contributed by atoms with van der Waals surface area (Å²) in [5, 5.41) is 14.4. The number of hydrogen-bond acceptors (Lipinski definition) is 8. The maximum atomic E-state index is 12.2. The van der Waals surface area contributed by atoms with E-state index in [9.17, 15) is 4.79 Å². The highest BCUT2D eigenvalue weighted by Crippen LogP contribution is 2.11. The smallest absolute Gasteiger partial charge is 0.246 e. The van der Waals surface area contributed by atoms with Crippen molar-refractivity contribution in [3.05, 3.63) is 11.7 Å². The monoisotopic (exact) mass is 294 g/mol. The van der Waals surface area contributed by atoms with Crippen LogP contribution in [0.25, 0.3) is 0 Å². The summed E-state index contributed by atoms with van der Waals surface area (Å²) in [5.41, 5.74) is 5.53. The number of hydrogen-bond donors (Lipinski definition) is 1. The fourth-order valence-electron chi connectivity index (χ4n) is 1.66. The van der Waals surface area contributed by atoms with Gasteiger partial charge in [0.2, 0.25) is 17.7 Å². The van der Waals surface area contributed by atoms with Crippen molar-refractivity contribution in [1.29, 1.82) is 0 Å².